The van der Waals surface area contributed by atoms with Gasteiger partial charge in [-0.1, -0.05) is 40.2 Å². The molecule has 5 heteroatoms. The molecule has 21 heavy (non-hydrogen) atoms. The standard InChI is InChI=1S/C16H15BrN2O2/c17-12-7-10-3-1-2-4-13(10)14(8-12)16(21)19-6-5-11(9-19)15(18)20/h1-4,7-8,11H,5-6,9H2,(H2,18,20)/t11-/m0/s1. The van der Waals surface area contributed by atoms with E-state index in [4.69, 9.17) is 5.73 Å². The van der Waals surface area contributed by atoms with Crippen LogP contribution in [0.15, 0.2) is 40.9 Å². The zero-order valence-corrected chi connectivity index (χ0v) is 13.0. The molecule has 0 saturated carbocycles. The van der Waals surface area contributed by atoms with Crippen molar-refractivity contribution in [1.29, 1.82) is 0 Å². The molecule has 4 nitrogen and oxygen atoms in total. The van der Waals surface area contributed by atoms with Crippen molar-refractivity contribution in [3.8, 4) is 0 Å². The van der Waals surface area contributed by atoms with E-state index in [-0.39, 0.29) is 17.7 Å². The minimum Gasteiger partial charge on any atom is -0.369 e. The van der Waals surface area contributed by atoms with E-state index in [0.29, 0.717) is 25.1 Å². The molecule has 1 fully saturated rings. The summed E-state index contributed by atoms with van der Waals surface area (Å²) in [6.07, 6.45) is 0.646. The highest BCUT2D eigenvalue weighted by atomic mass is 79.9. The van der Waals surface area contributed by atoms with Gasteiger partial charge in [0.2, 0.25) is 5.91 Å². The summed E-state index contributed by atoms with van der Waals surface area (Å²) in [5.41, 5.74) is 5.99. The molecule has 2 aromatic rings. The fourth-order valence-electron chi connectivity index (χ4n) is 2.80. The minimum atomic E-state index is -0.329. The van der Waals surface area contributed by atoms with E-state index < -0.39 is 0 Å². The van der Waals surface area contributed by atoms with Crippen LogP contribution in [0.5, 0.6) is 0 Å². The van der Waals surface area contributed by atoms with Gasteiger partial charge in [0.05, 0.1) is 5.92 Å². The first-order chi connectivity index (χ1) is 10.1. The predicted molar refractivity (Wildman–Crippen MR) is 84.9 cm³/mol. The van der Waals surface area contributed by atoms with E-state index in [9.17, 15) is 9.59 Å². The van der Waals surface area contributed by atoms with Gasteiger partial charge in [0.15, 0.2) is 0 Å². The summed E-state index contributed by atoms with van der Waals surface area (Å²) in [6, 6.07) is 11.6. The van der Waals surface area contributed by atoms with Gasteiger partial charge < -0.3 is 10.6 Å². The Morgan fingerprint density at radius 1 is 1.24 bits per heavy atom. The van der Waals surface area contributed by atoms with E-state index in [1.807, 2.05) is 36.4 Å². The van der Waals surface area contributed by atoms with E-state index >= 15 is 0 Å². The number of rotatable bonds is 2. The molecule has 1 aliphatic heterocycles. The van der Waals surface area contributed by atoms with Crippen molar-refractivity contribution in [3.05, 3.63) is 46.4 Å². The third kappa shape index (κ3) is 2.65. The molecule has 0 spiro atoms. The molecule has 2 amide bonds. The van der Waals surface area contributed by atoms with Gasteiger partial charge in [0.1, 0.15) is 0 Å². The summed E-state index contributed by atoms with van der Waals surface area (Å²) in [5, 5.41) is 1.94. The number of benzene rings is 2. The molecule has 0 bridgehead atoms. The van der Waals surface area contributed by atoms with Crippen LogP contribution in [0, 0.1) is 5.92 Å². The molecule has 1 atom stereocenters. The largest absolute Gasteiger partial charge is 0.369 e. The van der Waals surface area contributed by atoms with Crippen LogP contribution < -0.4 is 5.73 Å². The third-order valence-electron chi connectivity index (χ3n) is 3.93. The SMILES string of the molecule is NC(=O)[C@H]1CCN(C(=O)c2cc(Br)cc3ccccc23)C1. The Hall–Kier alpha value is -1.88. The van der Waals surface area contributed by atoms with Crippen molar-refractivity contribution in [2.75, 3.05) is 13.1 Å². The highest BCUT2D eigenvalue weighted by Gasteiger charge is 2.30. The lowest BCUT2D eigenvalue weighted by Crippen LogP contribution is -2.31. The average molecular weight is 347 g/mol. The van der Waals surface area contributed by atoms with Crippen LogP contribution in [-0.2, 0) is 4.79 Å². The van der Waals surface area contributed by atoms with Crippen LogP contribution in [-0.4, -0.2) is 29.8 Å². The molecule has 2 aromatic carbocycles. The van der Waals surface area contributed by atoms with E-state index in [2.05, 4.69) is 15.9 Å². The lowest BCUT2D eigenvalue weighted by atomic mass is 10.0. The van der Waals surface area contributed by atoms with Gasteiger partial charge in [-0.05, 0) is 29.3 Å². The van der Waals surface area contributed by atoms with Gasteiger partial charge in [-0.15, -0.1) is 0 Å². The Kier molecular flexibility index (Phi) is 3.68. The lowest BCUT2D eigenvalue weighted by molar-refractivity contribution is -0.121. The quantitative estimate of drug-likeness (QED) is 0.908. The predicted octanol–water partition coefficient (Wildman–Crippen LogP) is 2.55. The molecular formula is C16H15BrN2O2. The number of halogens is 1. The summed E-state index contributed by atoms with van der Waals surface area (Å²) in [5.74, 6) is -0.604. The molecular weight excluding hydrogens is 332 g/mol. The normalized spacial score (nSPS) is 18.1. The number of likely N-dealkylation sites (tertiary alicyclic amines) is 1. The first-order valence-electron chi connectivity index (χ1n) is 6.83. The molecule has 0 unspecified atom stereocenters. The van der Waals surface area contributed by atoms with Crippen molar-refractivity contribution < 1.29 is 9.59 Å². The number of nitrogens with zero attached hydrogens (tertiary/aromatic N) is 1. The number of hydrogen-bond acceptors (Lipinski definition) is 2. The Morgan fingerprint density at radius 2 is 2.00 bits per heavy atom. The number of primary amides is 1. The highest BCUT2D eigenvalue weighted by Crippen LogP contribution is 2.27. The average Bonchev–Trinajstić information content (AvgIpc) is 2.95. The van der Waals surface area contributed by atoms with Crippen LogP contribution in [0.25, 0.3) is 10.8 Å². The van der Waals surface area contributed by atoms with E-state index in [1.54, 1.807) is 4.90 Å². The second kappa shape index (κ2) is 5.48. The molecule has 1 saturated heterocycles. The van der Waals surface area contributed by atoms with Gasteiger partial charge in [0, 0.05) is 23.1 Å². The first kappa shape index (κ1) is 14.1. The van der Waals surface area contributed by atoms with Gasteiger partial charge in [-0.25, -0.2) is 0 Å². The zero-order chi connectivity index (χ0) is 15.0. The number of carbonyl (C=O) groups is 2. The molecule has 108 valence electrons. The number of nitrogens with two attached hydrogens (primary N) is 1. The third-order valence-corrected chi connectivity index (χ3v) is 4.39. The first-order valence-corrected chi connectivity index (χ1v) is 7.62. The number of hydrogen-bond donors (Lipinski definition) is 1. The summed E-state index contributed by atoms with van der Waals surface area (Å²) >= 11 is 3.45. The Balaban J connectivity index is 1.97. The molecule has 0 radical (unpaired) electrons. The molecule has 1 heterocycles. The second-order valence-corrected chi connectivity index (χ2v) is 6.23. The van der Waals surface area contributed by atoms with Crippen LogP contribution >= 0.6 is 15.9 Å². The fraction of sp³-hybridized carbons (Fsp3) is 0.250. The van der Waals surface area contributed by atoms with Gasteiger partial charge in [-0.2, -0.15) is 0 Å². The van der Waals surface area contributed by atoms with Crippen molar-refractivity contribution >= 4 is 38.5 Å². The van der Waals surface area contributed by atoms with Crippen molar-refractivity contribution in [2.24, 2.45) is 11.7 Å². The van der Waals surface area contributed by atoms with Gasteiger partial charge >= 0.3 is 0 Å². The summed E-state index contributed by atoms with van der Waals surface area (Å²) in [6.45, 7) is 0.988. The molecule has 0 aliphatic carbocycles. The zero-order valence-electron chi connectivity index (χ0n) is 11.4. The van der Waals surface area contributed by atoms with Crippen LogP contribution in [0.3, 0.4) is 0 Å². The van der Waals surface area contributed by atoms with Crippen molar-refractivity contribution in [2.45, 2.75) is 6.42 Å². The Bertz CT molecular complexity index is 729. The molecule has 0 aromatic heterocycles. The Labute approximate surface area is 131 Å². The maximum absolute atomic E-state index is 12.7. The highest BCUT2D eigenvalue weighted by molar-refractivity contribution is 9.10. The molecule has 1 aliphatic rings. The van der Waals surface area contributed by atoms with E-state index in [0.717, 1.165) is 15.2 Å². The topological polar surface area (TPSA) is 63.4 Å². The van der Waals surface area contributed by atoms with E-state index in [1.165, 1.54) is 0 Å². The minimum absolute atomic E-state index is 0.0451. The molecule has 2 N–H and O–H groups in total. The monoisotopic (exact) mass is 346 g/mol. The fourth-order valence-corrected chi connectivity index (χ4v) is 3.27. The lowest BCUT2D eigenvalue weighted by Gasteiger charge is -2.17. The second-order valence-electron chi connectivity index (χ2n) is 5.31. The summed E-state index contributed by atoms with van der Waals surface area (Å²) in [4.78, 5) is 25.7. The smallest absolute Gasteiger partial charge is 0.254 e. The summed E-state index contributed by atoms with van der Waals surface area (Å²) in [7, 11) is 0. The maximum atomic E-state index is 12.7. The van der Waals surface area contributed by atoms with Crippen LogP contribution in [0.4, 0.5) is 0 Å². The van der Waals surface area contributed by atoms with Gasteiger partial charge in [0.25, 0.3) is 5.91 Å². The van der Waals surface area contributed by atoms with Crippen LogP contribution in [0.1, 0.15) is 16.8 Å². The van der Waals surface area contributed by atoms with Crippen molar-refractivity contribution in [3.63, 3.8) is 0 Å². The maximum Gasteiger partial charge on any atom is 0.254 e. The Morgan fingerprint density at radius 3 is 2.71 bits per heavy atom. The number of fused-ring (bicyclic) bond motifs is 1. The summed E-state index contributed by atoms with van der Waals surface area (Å²) < 4.78 is 0.871. The molecule has 3 rings (SSSR count). The number of carbonyl (C=O) groups excluding carboxylic acids is 2. The van der Waals surface area contributed by atoms with Crippen LogP contribution in [0.2, 0.25) is 0 Å². The van der Waals surface area contributed by atoms with Gasteiger partial charge in [-0.3, -0.25) is 9.59 Å². The number of amides is 2. The van der Waals surface area contributed by atoms with Crippen molar-refractivity contribution in [1.82, 2.24) is 4.90 Å².